The quantitative estimate of drug-likeness (QED) is 0.671. The molecule has 2 aliphatic carbocycles. The van der Waals surface area contributed by atoms with E-state index in [0.717, 1.165) is 25.7 Å². The van der Waals surface area contributed by atoms with Crippen molar-refractivity contribution in [1.82, 2.24) is 24.8 Å². The lowest BCUT2D eigenvalue weighted by Crippen LogP contribution is -2.21. The van der Waals surface area contributed by atoms with Crippen LogP contribution in [-0.2, 0) is 9.59 Å². The molecule has 3 aromatic heterocycles. The molecule has 0 bridgehead atoms. The van der Waals surface area contributed by atoms with Gasteiger partial charge in [-0.3, -0.25) is 14.6 Å². The summed E-state index contributed by atoms with van der Waals surface area (Å²) in [5, 5.41) is 13.5. The third-order valence-electron chi connectivity index (χ3n) is 5.64. The molecular weight excluding hydrogens is 356 g/mol. The van der Waals surface area contributed by atoms with Crippen LogP contribution in [0.5, 0.6) is 0 Å². The third kappa shape index (κ3) is 2.48. The van der Waals surface area contributed by atoms with Crippen LogP contribution in [0, 0.1) is 18.8 Å². The summed E-state index contributed by atoms with van der Waals surface area (Å²) in [4.78, 5) is 33.8. The summed E-state index contributed by atoms with van der Waals surface area (Å²) in [5.74, 6) is -0.0677. The molecule has 8 heteroatoms. The monoisotopic (exact) mass is 374 g/mol. The molecular formula is C20H18N6O2. The maximum atomic E-state index is 12.6. The number of aliphatic imine (C=N–C) groups is 1. The fourth-order valence-electron chi connectivity index (χ4n) is 4.20. The van der Waals surface area contributed by atoms with Gasteiger partial charge in [0.2, 0.25) is 5.82 Å². The minimum absolute atomic E-state index is 0.0696. The van der Waals surface area contributed by atoms with Gasteiger partial charge in [-0.15, -0.1) is 10.2 Å². The predicted molar refractivity (Wildman–Crippen MR) is 101 cm³/mol. The van der Waals surface area contributed by atoms with Crippen LogP contribution in [0.25, 0.3) is 23.4 Å². The number of Topliss-reactive ketones (excluding diaryl/α,β-unsaturated/α-hetero) is 2. The number of carbonyl (C=O) groups excluding carboxylic acids is 2. The minimum Gasteiger partial charge on any atom is -0.292 e. The summed E-state index contributed by atoms with van der Waals surface area (Å²) in [5.41, 5.74) is 1.95. The average molecular weight is 374 g/mol. The number of rotatable bonds is 2. The van der Waals surface area contributed by atoms with Crippen molar-refractivity contribution in [3.8, 4) is 11.5 Å². The number of ketones is 2. The summed E-state index contributed by atoms with van der Waals surface area (Å²) in [6, 6.07) is 5.53. The number of pyridine rings is 1. The van der Waals surface area contributed by atoms with Crippen LogP contribution in [0.3, 0.4) is 0 Å². The summed E-state index contributed by atoms with van der Waals surface area (Å²) >= 11 is 0. The molecule has 0 saturated heterocycles. The zero-order chi connectivity index (χ0) is 19.3. The first kappa shape index (κ1) is 16.9. The number of nitrogens with zero attached hydrogens (tertiary/aromatic N) is 6. The zero-order valence-electron chi connectivity index (χ0n) is 15.4. The van der Waals surface area contributed by atoms with E-state index in [1.54, 1.807) is 10.7 Å². The van der Waals surface area contributed by atoms with Crippen LogP contribution >= 0.6 is 0 Å². The van der Waals surface area contributed by atoms with Gasteiger partial charge in [-0.05, 0) is 31.9 Å². The summed E-state index contributed by atoms with van der Waals surface area (Å²) in [6.07, 6.45) is 6.78. The second-order valence-corrected chi connectivity index (χ2v) is 7.31. The molecule has 2 saturated carbocycles. The second-order valence-electron chi connectivity index (χ2n) is 7.31. The van der Waals surface area contributed by atoms with Crippen LogP contribution in [0.4, 0.5) is 0 Å². The Labute approximate surface area is 160 Å². The first-order chi connectivity index (χ1) is 13.6. The molecule has 0 aromatic carbocycles. The van der Waals surface area contributed by atoms with E-state index in [1.807, 2.05) is 25.1 Å². The summed E-state index contributed by atoms with van der Waals surface area (Å²) in [7, 11) is 0. The van der Waals surface area contributed by atoms with Gasteiger partial charge in [0, 0.05) is 24.2 Å². The fourth-order valence-corrected chi connectivity index (χ4v) is 4.20. The lowest BCUT2D eigenvalue weighted by atomic mass is 9.81. The molecule has 3 heterocycles. The molecule has 2 unspecified atom stereocenters. The smallest absolute Gasteiger partial charge is 0.203 e. The normalized spacial score (nSPS) is 22.9. The van der Waals surface area contributed by atoms with Gasteiger partial charge in [-0.25, -0.2) is 4.99 Å². The van der Waals surface area contributed by atoms with E-state index in [-0.39, 0.29) is 29.1 Å². The van der Waals surface area contributed by atoms with E-state index in [4.69, 9.17) is 0 Å². The van der Waals surface area contributed by atoms with Crippen LogP contribution < -0.4 is 5.22 Å². The number of hydrogen-bond donors (Lipinski definition) is 0. The van der Waals surface area contributed by atoms with Crippen molar-refractivity contribution in [2.45, 2.75) is 32.6 Å². The molecule has 0 N–H and O–H groups in total. The SMILES string of the molecule is Cc1nn2c(-c3ccccn3)nnc2c1=CN=C1C(=O)C2CCCCC2C1=O. The molecule has 2 fully saturated rings. The van der Waals surface area contributed by atoms with Crippen molar-refractivity contribution < 1.29 is 9.59 Å². The van der Waals surface area contributed by atoms with Crippen molar-refractivity contribution in [2.75, 3.05) is 0 Å². The molecule has 8 nitrogen and oxygen atoms in total. The Morgan fingerprint density at radius 1 is 1.11 bits per heavy atom. The molecule has 28 heavy (non-hydrogen) atoms. The van der Waals surface area contributed by atoms with Gasteiger partial charge in [0.1, 0.15) is 11.4 Å². The molecule has 0 aliphatic heterocycles. The first-order valence-corrected chi connectivity index (χ1v) is 9.44. The first-order valence-electron chi connectivity index (χ1n) is 9.44. The fraction of sp³-hybridized carbons (Fsp3) is 0.350. The summed E-state index contributed by atoms with van der Waals surface area (Å²) < 4.78 is 1.61. The van der Waals surface area contributed by atoms with Gasteiger partial charge in [-0.1, -0.05) is 18.9 Å². The van der Waals surface area contributed by atoms with Crippen molar-refractivity contribution in [3.05, 3.63) is 35.3 Å². The van der Waals surface area contributed by atoms with E-state index in [0.29, 0.717) is 28.1 Å². The van der Waals surface area contributed by atoms with E-state index in [9.17, 15) is 9.59 Å². The minimum atomic E-state index is -0.184. The van der Waals surface area contributed by atoms with Gasteiger partial charge >= 0.3 is 0 Å². The second kappa shape index (κ2) is 6.40. The van der Waals surface area contributed by atoms with E-state index < -0.39 is 0 Å². The van der Waals surface area contributed by atoms with E-state index in [1.165, 1.54) is 6.20 Å². The molecule has 2 aliphatic rings. The number of fused-ring (bicyclic) bond motifs is 2. The highest BCUT2D eigenvalue weighted by Gasteiger charge is 2.47. The average Bonchev–Trinajstić information content (AvgIpc) is 3.34. The van der Waals surface area contributed by atoms with Gasteiger partial charge in [-0.2, -0.15) is 9.61 Å². The van der Waals surface area contributed by atoms with Crippen LogP contribution in [0.1, 0.15) is 31.4 Å². The van der Waals surface area contributed by atoms with Crippen molar-refractivity contribution in [2.24, 2.45) is 16.8 Å². The summed E-state index contributed by atoms with van der Waals surface area (Å²) in [6.45, 7) is 1.83. The number of hydrogen-bond acceptors (Lipinski definition) is 7. The standard InChI is InChI=1S/C20H18N6O2/c1-11-14(10-22-16-17(27)12-6-2-3-7-13(12)18(16)28)19-23-24-20(26(19)25-11)15-8-4-5-9-21-15/h4-5,8-10,12-13H,2-3,6-7H2,1H3. The van der Waals surface area contributed by atoms with E-state index in [2.05, 4.69) is 25.3 Å². The van der Waals surface area contributed by atoms with Crippen LogP contribution in [-0.4, -0.2) is 42.1 Å². The Bertz CT molecular complexity index is 1150. The molecule has 2 atom stereocenters. The lowest BCUT2D eigenvalue weighted by molar-refractivity contribution is -0.120. The van der Waals surface area contributed by atoms with Crippen LogP contribution in [0.15, 0.2) is 29.4 Å². The Balaban J connectivity index is 1.58. The van der Waals surface area contributed by atoms with Crippen LogP contribution in [0.2, 0.25) is 0 Å². The Morgan fingerprint density at radius 2 is 1.86 bits per heavy atom. The van der Waals surface area contributed by atoms with Crippen molar-refractivity contribution >= 4 is 29.1 Å². The number of aromatic nitrogens is 5. The molecule has 5 rings (SSSR count). The zero-order valence-corrected chi connectivity index (χ0v) is 15.4. The Morgan fingerprint density at radius 3 is 2.54 bits per heavy atom. The van der Waals surface area contributed by atoms with Crippen molar-refractivity contribution in [1.29, 1.82) is 0 Å². The maximum Gasteiger partial charge on any atom is 0.203 e. The Hall–Kier alpha value is -3.29. The highest BCUT2D eigenvalue weighted by atomic mass is 16.2. The number of aryl methyl sites for hydroxylation is 1. The van der Waals surface area contributed by atoms with Crippen molar-refractivity contribution in [3.63, 3.8) is 0 Å². The van der Waals surface area contributed by atoms with Gasteiger partial charge in [0.15, 0.2) is 17.2 Å². The highest BCUT2D eigenvalue weighted by molar-refractivity contribution is 6.70. The van der Waals surface area contributed by atoms with Gasteiger partial charge < -0.3 is 0 Å². The van der Waals surface area contributed by atoms with E-state index >= 15 is 0 Å². The molecule has 0 amide bonds. The molecule has 3 aromatic rings. The maximum absolute atomic E-state index is 12.6. The molecule has 0 radical (unpaired) electrons. The molecule has 0 spiro atoms. The highest BCUT2D eigenvalue weighted by Crippen LogP contribution is 2.36. The lowest BCUT2D eigenvalue weighted by Gasteiger charge is -2.20. The largest absolute Gasteiger partial charge is 0.292 e. The van der Waals surface area contributed by atoms with Gasteiger partial charge in [0.05, 0.1) is 10.9 Å². The third-order valence-corrected chi connectivity index (χ3v) is 5.64. The van der Waals surface area contributed by atoms with Gasteiger partial charge in [0.25, 0.3) is 0 Å². The predicted octanol–water partition coefficient (Wildman–Crippen LogP) is 1.35. The Kier molecular flexibility index (Phi) is 3.85. The topological polar surface area (TPSA) is 102 Å². The molecule has 140 valence electrons. The number of carbonyl (C=O) groups is 2.